The second kappa shape index (κ2) is 5.00. The van der Waals surface area contributed by atoms with E-state index in [9.17, 15) is 4.79 Å². The van der Waals surface area contributed by atoms with Crippen molar-refractivity contribution < 1.29 is 4.79 Å². The van der Waals surface area contributed by atoms with Crippen molar-refractivity contribution in [2.24, 2.45) is 0 Å². The van der Waals surface area contributed by atoms with Crippen LogP contribution in [-0.2, 0) is 11.2 Å². The van der Waals surface area contributed by atoms with Crippen LogP contribution in [0.1, 0.15) is 12.5 Å². The van der Waals surface area contributed by atoms with Gasteiger partial charge in [0.1, 0.15) is 0 Å². The topological polar surface area (TPSA) is 20.3 Å². The number of carbonyl (C=O) groups is 1. The summed E-state index contributed by atoms with van der Waals surface area (Å²) in [5.41, 5.74) is 1.27. The van der Waals surface area contributed by atoms with Gasteiger partial charge in [0.25, 0.3) is 0 Å². The number of likely N-dealkylation sites (N-methyl/N-ethyl adjacent to an activating group) is 1. The molecule has 0 saturated carbocycles. The maximum absolute atomic E-state index is 11.1. The Morgan fingerprint density at radius 3 is 2.53 bits per heavy atom. The summed E-state index contributed by atoms with van der Waals surface area (Å²) >= 11 is 0. The summed E-state index contributed by atoms with van der Waals surface area (Å²) in [7, 11) is 1.84. The van der Waals surface area contributed by atoms with Gasteiger partial charge in [0.2, 0.25) is 5.91 Å². The van der Waals surface area contributed by atoms with Crippen molar-refractivity contribution in [3.05, 3.63) is 48.0 Å². The fourth-order valence-electron chi connectivity index (χ4n) is 1.85. The Hall–Kier alpha value is -1.83. The number of nitrogens with zero attached hydrogens (tertiary/aromatic N) is 1. The summed E-state index contributed by atoms with van der Waals surface area (Å²) in [6.45, 7) is 2.37. The van der Waals surface area contributed by atoms with Gasteiger partial charge >= 0.3 is 0 Å². The van der Waals surface area contributed by atoms with Gasteiger partial charge in [-0.05, 0) is 22.8 Å². The molecule has 0 aliphatic carbocycles. The Labute approximate surface area is 102 Å². The van der Waals surface area contributed by atoms with Crippen LogP contribution in [0.4, 0.5) is 0 Å². The summed E-state index contributed by atoms with van der Waals surface area (Å²) in [5, 5.41) is 2.52. The van der Waals surface area contributed by atoms with Crippen LogP contribution in [0.25, 0.3) is 10.8 Å². The standard InChI is InChI=1S/C15H17NO/c1-12(17)16(2)10-9-13-7-8-14-5-3-4-6-15(14)11-13/h3-8,11H,9-10H2,1-2H3. The molecule has 0 aliphatic rings. The van der Waals surface area contributed by atoms with Crippen LogP contribution in [-0.4, -0.2) is 24.4 Å². The lowest BCUT2D eigenvalue weighted by Crippen LogP contribution is -2.26. The zero-order valence-corrected chi connectivity index (χ0v) is 10.3. The molecule has 88 valence electrons. The van der Waals surface area contributed by atoms with Gasteiger partial charge in [0, 0.05) is 20.5 Å². The number of rotatable bonds is 3. The van der Waals surface area contributed by atoms with Crippen molar-refractivity contribution in [3.63, 3.8) is 0 Å². The molecule has 0 spiro atoms. The smallest absolute Gasteiger partial charge is 0.219 e. The monoisotopic (exact) mass is 227 g/mol. The van der Waals surface area contributed by atoms with Crippen LogP contribution in [0.15, 0.2) is 42.5 Å². The molecule has 2 aromatic rings. The minimum absolute atomic E-state index is 0.116. The van der Waals surface area contributed by atoms with Crippen LogP contribution < -0.4 is 0 Å². The first kappa shape index (κ1) is 11.6. The first-order valence-electron chi connectivity index (χ1n) is 5.86. The molecule has 0 heterocycles. The number of benzene rings is 2. The maximum Gasteiger partial charge on any atom is 0.219 e. The molecule has 0 aromatic heterocycles. The molecule has 2 nitrogen and oxygen atoms in total. The number of hydrogen-bond acceptors (Lipinski definition) is 1. The van der Waals surface area contributed by atoms with Gasteiger partial charge < -0.3 is 4.90 Å². The third-order valence-electron chi connectivity index (χ3n) is 3.09. The van der Waals surface area contributed by atoms with Crippen LogP contribution >= 0.6 is 0 Å². The molecule has 2 aromatic carbocycles. The SMILES string of the molecule is CC(=O)N(C)CCc1ccc2ccccc2c1. The predicted octanol–water partition coefficient (Wildman–Crippen LogP) is 2.86. The number of carbonyl (C=O) groups excluding carboxylic acids is 1. The summed E-state index contributed by atoms with van der Waals surface area (Å²) < 4.78 is 0. The number of amides is 1. The molecule has 0 unspecified atom stereocenters. The van der Waals surface area contributed by atoms with E-state index < -0.39 is 0 Å². The Bertz CT molecular complexity index is 533. The van der Waals surface area contributed by atoms with E-state index in [2.05, 4.69) is 30.3 Å². The molecule has 1 amide bonds. The first-order chi connectivity index (χ1) is 8.16. The lowest BCUT2D eigenvalue weighted by molar-refractivity contribution is -0.127. The quantitative estimate of drug-likeness (QED) is 0.789. The van der Waals surface area contributed by atoms with Gasteiger partial charge in [-0.25, -0.2) is 0 Å². The highest BCUT2D eigenvalue weighted by atomic mass is 16.2. The van der Waals surface area contributed by atoms with Crippen LogP contribution in [0.3, 0.4) is 0 Å². The molecule has 0 radical (unpaired) electrons. The fraction of sp³-hybridized carbons (Fsp3) is 0.267. The van der Waals surface area contributed by atoms with Gasteiger partial charge in [0.15, 0.2) is 0 Å². The normalized spacial score (nSPS) is 10.5. The van der Waals surface area contributed by atoms with Crippen LogP contribution in [0.2, 0.25) is 0 Å². The molecule has 17 heavy (non-hydrogen) atoms. The Morgan fingerprint density at radius 2 is 1.82 bits per heavy atom. The van der Waals surface area contributed by atoms with Crippen LogP contribution in [0, 0.1) is 0 Å². The molecule has 0 saturated heterocycles. The lowest BCUT2D eigenvalue weighted by atomic mass is 10.1. The molecular formula is C15H17NO. The van der Waals surface area contributed by atoms with Crippen molar-refractivity contribution in [1.82, 2.24) is 4.90 Å². The van der Waals surface area contributed by atoms with Gasteiger partial charge in [-0.2, -0.15) is 0 Å². The van der Waals surface area contributed by atoms with E-state index in [-0.39, 0.29) is 5.91 Å². The van der Waals surface area contributed by atoms with E-state index in [1.807, 2.05) is 19.2 Å². The van der Waals surface area contributed by atoms with Crippen molar-refractivity contribution in [2.45, 2.75) is 13.3 Å². The van der Waals surface area contributed by atoms with Gasteiger partial charge in [-0.3, -0.25) is 4.79 Å². The van der Waals surface area contributed by atoms with Gasteiger partial charge in [-0.1, -0.05) is 42.5 Å². The van der Waals surface area contributed by atoms with Crippen molar-refractivity contribution >= 4 is 16.7 Å². The molecule has 0 bridgehead atoms. The van der Waals surface area contributed by atoms with E-state index in [0.717, 1.165) is 13.0 Å². The van der Waals surface area contributed by atoms with Crippen LogP contribution in [0.5, 0.6) is 0 Å². The highest BCUT2D eigenvalue weighted by Crippen LogP contribution is 2.16. The summed E-state index contributed by atoms with van der Waals surface area (Å²) in [4.78, 5) is 12.8. The highest BCUT2D eigenvalue weighted by Gasteiger charge is 2.02. The van der Waals surface area contributed by atoms with Gasteiger partial charge in [0.05, 0.1) is 0 Å². The summed E-state index contributed by atoms with van der Waals surface area (Å²) in [6.07, 6.45) is 0.904. The molecule has 0 aliphatic heterocycles. The Kier molecular flexibility index (Phi) is 3.43. The summed E-state index contributed by atoms with van der Waals surface area (Å²) in [5.74, 6) is 0.116. The van der Waals surface area contributed by atoms with Crippen molar-refractivity contribution in [1.29, 1.82) is 0 Å². The van der Waals surface area contributed by atoms with Crippen molar-refractivity contribution in [3.8, 4) is 0 Å². The first-order valence-corrected chi connectivity index (χ1v) is 5.86. The maximum atomic E-state index is 11.1. The third-order valence-corrected chi connectivity index (χ3v) is 3.09. The average Bonchev–Trinajstić information content (AvgIpc) is 2.35. The second-order valence-corrected chi connectivity index (χ2v) is 4.37. The number of fused-ring (bicyclic) bond motifs is 1. The van der Waals surface area contributed by atoms with Crippen molar-refractivity contribution in [2.75, 3.05) is 13.6 Å². The molecule has 2 rings (SSSR count). The average molecular weight is 227 g/mol. The van der Waals surface area contributed by atoms with E-state index in [1.165, 1.54) is 16.3 Å². The highest BCUT2D eigenvalue weighted by molar-refractivity contribution is 5.83. The molecule has 0 N–H and O–H groups in total. The zero-order valence-electron chi connectivity index (χ0n) is 10.3. The summed E-state index contributed by atoms with van der Waals surface area (Å²) in [6, 6.07) is 14.8. The second-order valence-electron chi connectivity index (χ2n) is 4.37. The Morgan fingerprint density at radius 1 is 1.12 bits per heavy atom. The molecule has 2 heteroatoms. The fourth-order valence-corrected chi connectivity index (χ4v) is 1.85. The van der Waals surface area contributed by atoms with E-state index >= 15 is 0 Å². The zero-order chi connectivity index (χ0) is 12.3. The largest absolute Gasteiger partial charge is 0.346 e. The van der Waals surface area contributed by atoms with Gasteiger partial charge in [-0.15, -0.1) is 0 Å². The predicted molar refractivity (Wildman–Crippen MR) is 71.0 cm³/mol. The minimum Gasteiger partial charge on any atom is -0.346 e. The lowest BCUT2D eigenvalue weighted by Gasteiger charge is -2.14. The third kappa shape index (κ3) is 2.84. The van der Waals surface area contributed by atoms with E-state index in [1.54, 1.807) is 11.8 Å². The van der Waals surface area contributed by atoms with E-state index in [4.69, 9.17) is 0 Å². The molecule has 0 fully saturated rings. The van der Waals surface area contributed by atoms with E-state index in [0.29, 0.717) is 0 Å². The number of hydrogen-bond donors (Lipinski definition) is 0. The molecule has 0 atom stereocenters. The minimum atomic E-state index is 0.116. The molecular weight excluding hydrogens is 210 g/mol. The Balaban J connectivity index is 2.12.